The molecular formula is C16H22N2OS. The second kappa shape index (κ2) is 5.78. The summed E-state index contributed by atoms with van der Waals surface area (Å²) < 4.78 is 0. The van der Waals surface area contributed by atoms with E-state index in [1.54, 1.807) is 0 Å². The number of rotatable bonds is 2. The number of benzene rings is 1. The molecule has 20 heavy (non-hydrogen) atoms. The van der Waals surface area contributed by atoms with Crippen LogP contribution in [0.1, 0.15) is 35.7 Å². The van der Waals surface area contributed by atoms with E-state index in [2.05, 4.69) is 42.3 Å². The summed E-state index contributed by atoms with van der Waals surface area (Å²) in [6.45, 7) is 4.72. The molecule has 0 aliphatic carbocycles. The van der Waals surface area contributed by atoms with Crippen LogP contribution in [-0.4, -0.2) is 34.9 Å². The van der Waals surface area contributed by atoms with Crippen molar-refractivity contribution in [2.24, 2.45) is 0 Å². The number of hydrogen-bond donors (Lipinski definition) is 1. The Morgan fingerprint density at radius 2 is 2.20 bits per heavy atom. The maximum atomic E-state index is 12.3. The molecule has 1 aromatic carbocycles. The predicted octanol–water partition coefficient (Wildman–Crippen LogP) is 2.63. The normalized spacial score (nSPS) is 27.1. The van der Waals surface area contributed by atoms with Crippen LogP contribution in [-0.2, 0) is 4.79 Å². The van der Waals surface area contributed by atoms with E-state index in [0.29, 0.717) is 12.6 Å². The topological polar surface area (TPSA) is 32.3 Å². The summed E-state index contributed by atoms with van der Waals surface area (Å²) >= 11 is 1.97. The van der Waals surface area contributed by atoms with Gasteiger partial charge in [-0.2, -0.15) is 11.8 Å². The third-order valence-corrected chi connectivity index (χ3v) is 5.47. The second-order valence-electron chi connectivity index (χ2n) is 5.82. The highest BCUT2D eigenvalue weighted by atomic mass is 32.2. The first kappa shape index (κ1) is 14.0. The fraction of sp³-hybridized carbons (Fsp3) is 0.562. The van der Waals surface area contributed by atoms with Crippen molar-refractivity contribution in [3.05, 3.63) is 34.9 Å². The lowest BCUT2D eigenvalue weighted by atomic mass is 10.0. The zero-order valence-corrected chi connectivity index (χ0v) is 13.0. The minimum atomic E-state index is 0.0612. The maximum Gasteiger partial charge on any atom is 0.238 e. The van der Waals surface area contributed by atoms with E-state index in [1.165, 1.54) is 28.9 Å². The van der Waals surface area contributed by atoms with Gasteiger partial charge in [0.25, 0.3) is 0 Å². The van der Waals surface area contributed by atoms with Gasteiger partial charge in [-0.3, -0.25) is 10.1 Å². The Balaban J connectivity index is 1.90. The van der Waals surface area contributed by atoms with E-state index in [4.69, 9.17) is 0 Å². The van der Waals surface area contributed by atoms with Gasteiger partial charge in [-0.15, -0.1) is 0 Å². The van der Waals surface area contributed by atoms with Crippen LogP contribution in [0.3, 0.4) is 0 Å². The van der Waals surface area contributed by atoms with Gasteiger partial charge in [0.1, 0.15) is 6.17 Å². The zero-order chi connectivity index (χ0) is 14.1. The average molecular weight is 290 g/mol. The smallest absolute Gasteiger partial charge is 0.238 e. The highest BCUT2D eigenvalue weighted by Gasteiger charge is 2.37. The largest absolute Gasteiger partial charge is 0.318 e. The Bertz CT molecular complexity index is 511. The van der Waals surface area contributed by atoms with Crippen LogP contribution in [0.4, 0.5) is 0 Å². The number of carbonyl (C=O) groups is 1. The molecular weight excluding hydrogens is 268 g/mol. The quantitative estimate of drug-likeness (QED) is 0.909. The molecule has 4 heteroatoms. The van der Waals surface area contributed by atoms with Crippen molar-refractivity contribution in [2.45, 2.75) is 38.9 Å². The van der Waals surface area contributed by atoms with Gasteiger partial charge in [0.15, 0.2) is 0 Å². The summed E-state index contributed by atoms with van der Waals surface area (Å²) in [7, 11) is 0. The minimum absolute atomic E-state index is 0.0612. The van der Waals surface area contributed by atoms with E-state index in [9.17, 15) is 4.79 Å². The molecule has 0 radical (unpaired) electrons. The number of nitrogens with zero attached hydrogens (tertiary/aromatic N) is 1. The molecule has 1 amide bonds. The zero-order valence-electron chi connectivity index (χ0n) is 12.2. The molecule has 0 aromatic heterocycles. The van der Waals surface area contributed by atoms with Crippen LogP contribution in [0.25, 0.3) is 0 Å². The molecule has 0 saturated carbocycles. The van der Waals surface area contributed by atoms with Crippen molar-refractivity contribution >= 4 is 17.7 Å². The van der Waals surface area contributed by atoms with Gasteiger partial charge in [-0.05, 0) is 43.6 Å². The van der Waals surface area contributed by atoms with E-state index in [0.717, 1.165) is 12.2 Å². The van der Waals surface area contributed by atoms with E-state index < -0.39 is 0 Å². The van der Waals surface area contributed by atoms with Crippen LogP contribution in [0.2, 0.25) is 0 Å². The van der Waals surface area contributed by atoms with Crippen molar-refractivity contribution < 1.29 is 4.79 Å². The van der Waals surface area contributed by atoms with Crippen LogP contribution in [0, 0.1) is 13.8 Å². The molecule has 2 unspecified atom stereocenters. The highest BCUT2D eigenvalue weighted by Crippen LogP contribution is 2.32. The maximum absolute atomic E-state index is 12.3. The molecule has 2 saturated heterocycles. The average Bonchev–Trinajstić information content (AvgIpc) is 2.84. The summed E-state index contributed by atoms with van der Waals surface area (Å²) in [4.78, 5) is 14.4. The lowest BCUT2D eigenvalue weighted by Crippen LogP contribution is -2.42. The van der Waals surface area contributed by atoms with Crippen molar-refractivity contribution in [1.82, 2.24) is 10.2 Å². The highest BCUT2D eigenvalue weighted by molar-refractivity contribution is 7.99. The van der Waals surface area contributed by atoms with Crippen molar-refractivity contribution in [1.29, 1.82) is 0 Å². The molecule has 1 aromatic rings. The van der Waals surface area contributed by atoms with Gasteiger partial charge in [-0.25, -0.2) is 0 Å². The monoisotopic (exact) mass is 290 g/mol. The fourth-order valence-corrected chi connectivity index (χ4v) is 4.33. The summed E-state index contributed by atoms with van der Waals surface area (Å²) in [6, 6.07) is 6.90. The van der Waals surface area contributed by atoms with Gasteiger partial charge in [0.05, 0.1) is 6.54 Å². The molecule has 2 aliphatic rings. The minimum Gasteiger partial charge on any atom is -0.318 e. The molecule has 1 N–H and O–H groups in total. The number of carbonyl (C=O) groups excluding carboxylic acids is 1. The third kappa shape index (κ3) is 2.59. The standard InChI is InChI=1S/C16H22N2OS/c1-11-5-6-12(2)14(8-11)16-17-9-15(19)18(16)13-4-3-7-20-10-13/h5-6,8,13,16-17H,3-4,7,9-10H2,1-2H3. The molecule has 108 valence electrons. The number of nitrogens with one attached hydrogen (secondary N) is 1. The van der Waals surface area contributed by atoms with Crippen LogP contribution in [0.15, 0.2) is 18.2 Å². The molecule has 0 bridgehead atoms. The summed E-state index contributed by atoms with van der Waals surface area (Å²) in [5.74, 6) is 2.57. The van der Waals surface area contributed by atoms with E-state index in [-0.39, 0.29) is 12.1 Å². The molecule has 2 aliphatic heterocycles. The van der Waals surface area contributed by atoms with E-state index in [1.807, 2.05) is 11.8 Å². The Morgan fingerprint density at radius 3 is 2.95 bits per heavy atom. The molecule has 2 fully saturated rings. The second-order valence-corrected chi connectivity index (χ2v) is 6.97. The third-order valence-electron chi connectivity index (χ3n) is 4.27. The Morgan fingerprint density at radius 1 is 1.35 bits per heavy atom. The lowest BCUT2D eigenvalue weighted by molar-refractivity contribution is -0.130. The number of thioether (sulfide) groups is 1. The van der Waals surface area contributed by atoms with Crippen LogP contribution >= 0.6 is 11.8 Å². The molecule has 2 heterocycles. The lowest BCUT2D eigenvalue weighted by Gasteiger charge is -2.35. The molecule has 3 rings (SSSR count). The van der Waals surface area contributed by atoms with Crippen molar-refractivity contribution in [3.63, 3.8) is 0 Å². The molecule has 2 atom stereocenters. The summed E-state index contributed by atoms with van der Waals surface area (Å²) in [6.07, 6.45) is 2.42. The van der Waals surface area contributed by atoms with Gasteiger partial charge in [-0.1, -0.05) is 23.8 Å². The van der Waals surface area contributed by atoms with Gasteiger partial charge < -0.3 is 4.90 Å². The first-order valence-electron chi connectivity index (χ1n) is 7.36. The first-order valence-corrected chi connectivity index (χ1v) is 8.52. The summed E-state index contributed by atoms with van der Waals surface area (Å²) in [5, 5.41) is 3.41. The number of aryl methyl sites for hydroxylation is 2. The van der Waals surface area contributed by atoms with Crippen molar-refractivity contribution in [2.75, 3.05) is 18.1 Å². The molecule has 3 nitrogen and oxygen atoms in total. The SMILES string of the molecule is Cc1ccc(C)c(C2NCC(=O)N2C2CCCSC2)c1. The fourth-order valence-electron chi connectivity index (χ4n) is 3.19. The van der Waals surface area contributed by atoms with Crippen LogP contribution in [0.5, 0.6) is 0 Å². The van der Waals surface area contributed by atoms with Gasteiger partial charge >= 0.3 is 0 Å². The molecule has 0 spiro atoms. The van der Waals surface area contributed by atoms with Crippen LogP contribution < -0.4 is 5.32 Å². The van der Waals surface area contributed by atoms with Gasteiger partial charge in [0.2, 0.25) is 5.91 Å². The Hall–Kier alpha value is -1.00. The van der Waals surface area contributed by atoms with Crippen molar-refractivity contribution in [3.8, 4) is 0 Å². The first-order chi connectivity index (χ1) is 9.66. The van der Waals surface area contributed by atoms with E-state index >= 15 is 0 Å². The number of amides is 1. The number of hydrogen-bond acceptors (Lipinski definition) is 3. The Kier molecular flexibility index (Phi) is 4.03. The predicted molar refractivity (Wildman–Crippen MR) is 83.9 cm³/mol. The summed E-state index contributed by atoms with van der Waals surface area (Å²) in [5.41, 5.74) is 3.77. The Labute approximate surface area is 125 Å². The van der Waals surface area contributed by atoms with Gasteiger partial charge in [0, 0.05) is 11.8 Å².